The van der Waals surface area contributed by atoms with E-state index in [9.17, 15) is 18.5 Å². The molecule has 1 fully saturated rings. The highest BCUT2D eigenvalue weighted by molar-refractivity contribution is 7.92. The standard InChI is InChI=1S/C11H13ClN2O4S.ClH/c12-10-6-8(3-4-11(10)14(15)16)19(17,18)9-2-1-5-13-7-9;/h3-4,6,9,13H,1-2,5,7H2;1H. The predicted molar refractivity (Wildman–Crippen MR) is 78.4 cm³/mol. The number of nitro benzene ring substituents is 1. The third kappa shape index (κ3) is 3.41. The Balaban J connectivity index is 0.00000200. The minimum Gasteiger partial charge on any atom is -0.315 e. The van der Waals surface area contributed by atoms with Crippen LogP contribution in [0.5, 0.6) is 0 Å². The molecule has 6 nitrogen and oxygen atoms in total. The summed E-state index contributed by atoms with van der Waals surface area (Å²) in [5.74, 6) is 0. The Labute approximate surface area is 128 Å². The number of piperidine rings is 1. The summed E-state index contributed by atoms with van der Waals surface area (Å²) in [4.78, 5) is 10.0. The van der Waals surface area contributed by atoms with Crippen LogP contribution in [0.15, 0.2) is 23.1 Å². The predicted octanol–water partition coefficient (Wildman–Crippen LogP) is 2.20. The highest BCUT2D eigenvalue weighted by Gasteiger charge is 2.30. The van der Waals surface area contributed by atoms with Crippen LogP contribution in [-0.4, -0.2) is 31.7 Å². The molecule has 1 unspecified atom stereocenters. The zero-order valence-corrected chi connectivity index (χ0v) is 12.8. The van der Waals surface area contributed by atoms with Crippen LogP contribution in [0.4, 0.5) is 5.69 Å². The van der Waals surface area contributed by atoms with Crippen molar-refractivity contribution in [2.45, 2.75) is 23.0 Å². The Bertz CT molecular complexity index is 600. The quantitative estimate of drug-likeness (QED) is 0.672. The largest absolute Gasteiger partial charge is 0.315 e. The van der Waals surface area contributed by atoms with Gasteiger partial charge in [-0.15, -0.1) is 12.4 Å². The first-order valence-corrected chi connectivity index (χ1v) is 7.74. The molecule has 1 aliphatic rings. The summed E-state index contributed by atoms with van der Waals surface area (Å²) in [5, 5.41) is 13.0. The van der Waals surface area contributed by atoms with Gasteiger partial charge in [0, 0.05) is 12.6 Å². The van der Waals surface area contributed by atoms with E-state index >= 15 is 0 Å². The van der Waals surface area contributed by atoms with Gasteiger partial charge in [0.2, 0.25) is 0 Å². The molecule has 0 aliphatic carbocycles. The third-order valence-electron chi connectivity index (χ3n) is 3.13. The van der Waals surface area contributed by atoms with E-state index in [1.165, 1.54) is 6.07 Å². The van der Waals surface area contributed by atoms with Gasteiger partial charge in [-0.25, -0.2) is 8.42 Å². The number of sulfone groups is 1. The fraction of sp³-hybridized carbons (Fsp3) is 0.455. The van der Waals surface area contributed by atoms with Gasteiger partial charge in [-0.3, -0.25) is 10.1 Å². The average molecular weight is 341 g/mol. The van der Waals surface area contributed by atoms with Crippen LogP contribution < -0.4 is 5.32 Å². The fourth-order valence-corrected chi connectivity index (χ4v) is 4.14. The second kappa shape index (κ2) is 6.71. The molecule has 1 N–H and O–H groups in total. The molecule has 0 bridgehead atoms. The van der Waals surface area contributed by atoms with Gasteiger partial charge in [0.1, 0.15) is 5.02 Å². The molecule has 0 radical (unpaired) electrons. The summed E-state index contributed by atoms with van der Waals surface area (Å²) >= 11 is 5.75. The summed E-state index contributed by atoms with van der Waals surface area (Å²) in [5.41, 5.74) is -0.289. The number of hydrogen-bond donors (Lipinski definition) is 1. The van der Waals surface area contributed by atoms with Gasteiger partial charge in [0.05, 0.1) is 15.1 Å². The molecule has 20 heavy (non-hydrogen) atoms. The van der Waals surface area contributed by atoms with Crippen molar-refractivity contribution in [1.29, 1.82) is 0 Å². The first-order valence-electron chi connectivity index (χ1n) is 5.81. The molecule has 1 aromatic carbocycles. The second-order valence-electron chi connectivity index (χ2n) is 4.38. The van der Waals surface area contributed by atoms with E-state index in [0.29, 0.717) is 13.0 Å². The molecule has 9 heteroatoms. The van der Waals surface area contributed by atoms with Crippen molar-refractivity contribution in [1.82, 2.24) is 5.32 Å². The molecular formula is C11H14Cl2N2O4S. The molecule has 1 heterocycles. The molecule has 0 saturated carbocycles. The van der Waals surface area contributed by atoms with E-state index in [0.717, 1.165) is 25.1 Å². The first kappa shape index (κ1) is 17.2. The number of halogens is 2. The molecular weight excluding hydrogens is 327 g/mol. The van der Waals surface area contributed by atoms with Crippen LogP contribution in [-0.2, 0) is 9.84 Å². The number of benzene rings is 1. The van der Waals surface area contributed by atoms with E-state index in [-0.39, 0.29) is 28.0 Å². The lowest BCUT2D eigenvalue weighted by atomic mass is 10.2. The molecule has 0 amide bonds. The fourth-order valence-electron chi connectivity index (χ4n) is 2.09. The van der Waals surface area contributed by atoms with Crippen LogP contribution in [0.3, 0.4) is 0 Å². The number of nitrogens with one attached hydrogen (secondary N) is 1. The van der Waals surface area contributed by atoms with Crippen molar-refractivity contribution in [2.24, 2.45) is 0 Å². The summed E-state index contributed by atoms with van der Waals surface area (Å²) in [7, 11) is -3.50. The van der Waals surface area contributed by atoms with Crippen molar-refractivity contribution < 1.29 is 13.3 Å². The topological polar surface area (TPSA) is 89.3 Å². The summed E-state index contributed by atoms with van der Waals surface area (Å²) in [6.07, 6.45) is 1.38. The van der Waals surface area contributed by atoms with Crippen LogP contribution in [0.1, 0.15) is 12.8 Å². The van der Waals surface area contributed by atoms with Gasteiger partial charge >= 0.3 is 0 Å². The van der Waals surface area contributed by atoms with E-state index in [4.69, 9.17) is 11.6 Å². The minimum atomic E-state index is -3.50. The molecule has 1 aromatic rings. The van der Waals surface area contributed by atoms with Crippen molar-refractivity contribution in [2.75, 3.05) is 13.1 Å². The van der Waals surface area contributed by atoms with Crippen molar-refractivity contribution in [3.8, 4) is 0 Å². The Morgan fingerprint density at radius 2 is 2.10 bits per heavy atom. The summed E-state index contributed by atoms with van der Waals surface area (Å²) < 4.78 is 24.7. The Morgan fingerprint density at radius 3 is 2.60 bits per heavy atom. The lowest BCUT2D eigenvalue weighted by Crippen LogP contribution is -2.38. The number of hydrogen-bond acceptors (Lipinski definition) is 5. The van der Waals surface area contributed by atoms with E-state index in [1.54, 1.807) is 0 Å². The molecule has 112 valence electrons. The van der Waals surface area contributed by atoms with Gasteiger partial charge in [0.15, 0.2) is 9.84 Å². The molecule has 0 aromatic heterocycles. The summed E-state index contributed by atoms with van der Waals surface area (Å²) in [6.45, 7) is 1.21. The molecule has 2 rings (SSSR count). The highest BCUT2D eigenvalue weighted by atomic mass is 35.5. The lowest BCUT2D eigenvalue weighted by Gasteiger charge is -2.22. The highest BCUT2D eigenvalue weighted by Crippen LogP contribution is 2.29. The molecule has 1 aliphatic heterocycles. The van der Waals surface area contributed by atoms with Crippen molar-refractivity contribution >= 4 is 39.5 Å². The summed E-state index contributed by atoms with van der Waals surface area (Å²) in [6, 6.07) is 3.53. The van der Waals surface area contributed by atoms with Crippen LogP contribution in [0.25, 0.3) is 0 Å². The first-order chi connectivity index (χ1) is 8.93. The van der Waals surface area contributed by atoms with E-state index in [2.05, 4.69) is 5.32 Å². The SMILES string of the molecule is Cl.O=[N+]([O-])c1ccc(S(=O)(=O)C2CCCNC2)cc1Cl. The Morgan fingerprint density at radius 1 is 1.40 bits per heavy atom. The average Bonchev–Trinajstić information content (AvgIpc) is 2.39. The van der Waals surface area contributed by atoms with Gasteiger partial charge in [0.25, 0.3) is 5.69 Å². The van der Waals surface area contributed by atoms with Crippen LogP contribution >= 0.6 is 24.0 Å². The Hall–Kier alpha value is -0.890. The van der Waals surface area contributed by atoms with E-state index in [1.807, 2.05) is 0 Å². The number of nitro groups is 1. The minimum absolute atomic E-state index is 0. The van der Waals surface area contributed by atoms with Gasteiger partial charge in [-0.2, -0.15) is 0 Å². The maximum Gasteiger partial charge on any atom is 0.287 e. The van der Waals surface area contributed by atoms with Crippen LogP contribution in [0.2, 0.25) is 5.02 Å². The Kier molecular flexibility index (Phi) is 5.76. The number of rotatable bonds is 3. The monoisotopic (exact) mass is 340 g/mol. The normalized spacial score (nSPS) is 19.1. The lowest BCUT2D eigenvalue weighted by molar-refractivity contribution is -0.384. The molecule has 1 saturated heterocycles. The zero-order valence-electron chi connectivity index (χ0n) is 10.4. The molecule has 1 atom stereocenters. The molecule has 0 spiro atoms. The van der Waals surface area contributed by atoms with Gasteiger partial charge in [-0.05, 0) is 31.5 Å². The van der Waals surface area contributed by atoms with Crippen molar-refractivity contribution in [3.63, 3.8) is 0 Å². The van der Waals surface area contributed by atoms with Crippen molar-refractivity contribution in [3.05, 3.63) is 33.3 Å². The maximum atomic E-state index is 12.4. The smallest absolute Gasteiger partial charge is 0.287 e. The van der Waals surface area contributed by atoms with Crippen LogP contribution in [0, 0.1) is 10.1 Å². The number of nitrogens with zero attached hydrogens (tertiary/aromatic N) is 1. The third-order valence-corrected chi connectivity index (χ3v) is 5.63. The van der Waals surface area contributed by atoms with Gasteiger partial charge < -0.3 is 5.32 Å². The van der Waals surface area contributed by atoms with Gasteiger partial charge in [-0.1, -0.05) is 11.6 Å². The van der Waals surface area contributed by atoms with E-state index < -0.39 is 20.0 Å². The second-order valence-corrected chi connectivity index (χ2v) is 7.02. The maximum absolute atomic E-state index is 12.4. The zero-order chi connectivity index (χ0) is 14.0.